The van der Waals surface area contributed by atoms with E-state index in [9.17, 15) is 9.59 Å². The highest BCUT2D eigenvalue weighted by Crippen LogP contribution is 2.12. The molecule has 0 aliphatic heterocycles. The van der Waals surface area contributed by atoms with Gasteiger partial charge in [0.2, 0.25) is 5.91 Å². The smallest absolute Gasteiger partial charge is 0.326 e. The summed E-state index contributed by atoms with van der Waals surface area (Å²) in [7, 11) is 0. The largest absolute Gasteiger partial charge is 0.480 e. The monoisotopic (exact) mass is 310 g/mol. The highest BCUT2D eigenvalue weighted by atomic mass is 32.2. The minimum atomic E-state index is -0.973. The Bertz CT molecular complexity index is 453. The van der Waals surface area contributed by atoms with Crippen molar-refractivity contribution in [3.05, 3.63) is 30.1 Å². The SMILES string of the molecule is CC[C@H](C)[C@H](NC(=O)CCSCc1ccccn1)C(=O)O. The highest BCUT2D eigenvalue weighted by Gasteiger charge is 2.24. The van der Waals surface area contributed by atoms with Crippen LogP contribution in [0.15, 0.2) is 24.4 Å². The number of thioether (sulfide) groups is 1. The van der Waals surface area contributed by atoms with E-state index in [2.05, 4.69) is 10.3 Å². The van der Waals surface area contributed by atoms with Gasteiger partial charge in [0.25, 0.3) is 0 Å². The summed E-state index contributed by atoms with van der Waals surface area (Å²) in [6.07, 6.45) is 2.77. The lowest BCUT2D eigenvalue weighted by Crippen LogP contribution is -2.45. The third-order valence-corrected chi connectivity index (χ3v) is 4.24. The number of nitrogens with one attached hydrogen (secondary N) is 1. The van der Waals surface area contributed by atoms with E-state index in [1.165, 1.54) is 0 Å². The highest BCUT2D eigenvalue weighted by molar-refractivity contribution is 7.98. The van der Waals surface area contributed by atoms with Crippen LogP contribution in [0.5, 0.6) is 0 Å². The van der Waals surface area contributed by atoms with Crippen molar-refractivity contribution in [3.8, 4) is 0 Å². The maximum Gasteiger partial charge on any atom is 0.326 e. The fourth-order valence-corrected chi connectivity index (χ4v) is 2.61. The minimum absolute atomic E-state index is 0.0763. The van der Waals surface area contributed by atoms with E-state index in [1.807, 2.05) is 32.0 Å². The van der Waals surface area contributed by atoms with Gasteiger partial charge < -0.3 is 10.4 Å². The number of aliphatic carboxylic acids is 1. The molecule has 2 atom stereocenters. The number of hydrogen-bond acceptors (Lipinski definition) is 4. The molecule has 0 aliphatic rings. The molecule has 0 spiro atoms. The van der Waals surface area contributed by atoms with Crippen LogP contribution in [0, 0.1) is 5.92 Å². The summed E-state index contributed by atoms with van der Waals surface area (Å²) < 4.78 is 0. The Morgan fingerprint density at radius 3 is 2.76 bits per heavy atom. The fraction of sp³-hybridized carbons (Fsp3) is 0.533. The summed E-state index contributed by atoms with van der Waals surface area (Å²) in [5.74, 6) is 0.138. The molecule has 0 aromatic carbocycles. The van der Waals surface area contributed by atoms with E-state index in [4.69, 9.17) is 5.11 Å². The van der Waals surface area contributed by atoms with Crippen LogP contribution >= 0.6 is 11.8 Å². The van der Waals surface area contributed by atoms with Crippen molar-refractivity contribution >= 4 is 23.6 Å². The molecule has 0 saturated heterocycles. The third-order valence-electron chi connectivity index (χ3n) is 3.25. The number of pyridine rings is 1. The van der Waals surface area contributed by atoms with Crippen LogP contribution in [0.1, 0.15) is 32.4 Å². The third kappa shape index (κ3) is 6.62. The Kier molecular flexibility index (Phi) is 7.82. The van der Waals surface area contributed by atoms with Crippen LogP contribution in [0.4, 0.5) is 0 Å². The summed E-state index contributed by atoms with van der Waals surface area (Å²) in [4.78, 5) is 27.1. The van der Waals surface area contributed by atoms with Gasteiger partial charge in [-0.15, -0.1) is 0 Å². The number of hydrogen-bond donors (Lipinski definition) is 2. The predicted molar refractivity (Wildman–Crippen MR) is 84.0 cm³/mol. The maximum atomic E-state index is 11.8. The van der Waals surface area contributed by atoms with Crippen LogP contribution in [0.25, 0.3) is 0 Å². The Balaban J connectivity index is 2.28. The zero-order valence-electron chi connectivity index (χ0n) is 12.4. The molecular formula is C15H22N2O3S. The molecule has 0 bridgehead atoms. The number of carbonyl (C=O) groups excluding carboxylic acids is 1. The summed E-state index contributed by atoms with van der Waals surface area (Å²) in [5.41, 5.74) is 0.978. The van der Waals surface area contributed by atoms with Gasteiger partial charge in [0, 0.05) is 24.1 Å². The second kappa shape index (κ2) is 9.39. The van der Waals surface area contributed by atoms with Crippen molar-refractivity contribution in [3.63, 3.8) is 0 Å². The van der Waals surface area contributed by atoms with Crippen molar-refractivity contribution in [1.29, 1.82) is 0 Å². The first kappa shape index (κ1) is 17.5. The number of rotatable bonds is 9. The van der Waals surface area contributed by atoms with Gasteiger partial charge in [-0.25, -0.2) is 4.79 Å². The van der Waals surface area contributed by atoms with E-state index in [-0.39, 0.29) is 11.8 Å². The fourth-order valence-electron chi connectivity index (χ4n) is 1.75. The molecule has 1 rings (SSSR count). The predicted octanol–water partition coefficient (Wildman–Crippen LogP) is 2.32. The molecule has 0 fully saturated rings. The van der Waals surface area contributed by atoms with Crippen LogP contribution in [0.3, 0.4) is 0 Å². The summed E-state index contributed by atoms with van der Waals surface area (Å²) >= 11 is 1.61. The molecule has 21 heavy (non-hydrogen) atoms. The van der Waals surface area contributed by atoms with Gasteiger partial charge in [-0.05, 0) is 18.1 Å². The van der Waals surface area contributed by atoms with E-state index in [1.54, 1.807) is 18.0 Å². The summed E-state index contributed by atoms with van der Waals surface area (Å²) in [5, 5.41) is 11.7. The number of carboxylic acid groups (broad SMARTS) is 1. The lowest BCUT2D eigenvalue weighted by molar-refractivity contribution is -0.143. The Morgan fingerprint density at radius 2 is 2.19 bits per heavy atom. The van der Waals surface area contributed by atoms with Gasteiger partial charge in [-0.1, -0.05) is 26.3 Å². The quantitative estimate of drug-likeness (QED) is 0.684. The molecule has 0 saturated carbocycles. The van der Waals surface area contributed by atoms with Crippen LogP contribution < -0.4 is 5.32 Å². The van der Waals surface area contributed by atoms with Crippen molar-refractivity contribution in [2.45, 2.75) is 38.5 Å². The maximum absolute atomic E-state index is 11.8. The van der Waals surface area contributed by atoms with Crippen LogP contribution in [-0.4, -0.2) is 33.8 Å². The van der Waals surface area contributed by atoms with Gasteiger partial charge >= 0.3 is 5.97 Å². The molecule has 5 nitrogen and oxygen atoms in total. The zero-order valence-corrected chi connectivity index (χ0v) is 13.2. The summed E-state index contributed by atoms with van der Waals surface area (Å²) in [6.45, 7) is 3.74. The van der Waals surface area contributed by atoms with Gasteiger partial charge in [-0.2, -0.15) is 11.8 Å². The molecule has 6 heteroatoms. The van der Waals surface area contributed by atoms with Crippen LogP contribution in [0.2, 0.25) is 0 Å². The molecule has 1 aromatic heterocycles. The molecule has 0 aliphatic carbocycles. The topological polar surface area (TPSA) is 79.3 Å². The minimum Gasteiger partial charge on any atom is -0.480 e. The van der Waals surface area contributed by atoms with Gasteiger partial charge in [0.15, 0.2) is 0 Å². The van der Waals surface area contributed by atoms with Crippen LogP contribution in [-0.2, 0) is 15.3 Å². The lowest BCUT2D eigenvalue weighted by atomic mass is 9.99. The second-order valence-corrected chi connectivity index (χ2v) is 6.00. The Labute approximate surface area is 129 Å². The number of aromatic nitrogens is 1. The van der Waals surface area contributed by atoms with E-state index < -0.39 is 12.0 Å². The molecule has 116 valence electrons. The zero-order chi connectivity index (χ0) is 15.7. The van der Waals surface area contributed by atoms with Crippen molar-refractivity contribution in [1.82, 2.24) is 10.3 Å². The Morgan fingerprint density at radius 1 is 1.43 bits per heavy atom. The standard InChI is InChI=1S/C15H22N2O3S/c1-3-11(2)14(15(19)20)17-13(18)7-9-21-10-12-6-4-5-8-16-12/h4-6,8,11,14H,3,7,9-10H2,1-2H3,(H,17,18)(H,19,20)/t11-,14-/m0/s1. The molecule has 2 N–H and O–H groups in total. The number of nitrogens with zero attached hydrogens (tertiary/aromatic N) is 1. The molecule has 0 radical (unpaired) electrons. The first-order valence-electron chi connectivity index (χ1n) is 7.04. The first-order valence-corrected chi connectivity index (χ1v) is 8.19. The Hall–Kier alpha value is -1.56. The molecule has 0 unspecified atom stereocenters. The molecule has 1 heterocycles. The van der Waals surface area contributed by atoms with Gasteiger partial charge in [0.1, 0.15) is 6.04 Å². The van der Waals surface area contributed by atoms with Gasteiger partial charge in [0.05, 0.1) is 5.69 Å². The van der Waals surface area contributed by atoms with E-state index >= 15 is 0 Å². The van der Waals surface area contributed by atoms with Crippen molar-refractivity contribution in [2.75, 3.05) is 5.75 Å². The van der Waals surface area contributed by atoms with E-state index in [0.29, 0.717) is 18.6 Å². The molecule has 1 amide bonds. The van der Waals surface area contributed by atoms with E-state index in [0.717, 1.165) is 11.4 Å². The first-order chi connectivity index (χ1) is 10.0. The van der Waals surface area contributed by atoms with Crippen molar-refractivity contribution < 1.29 is 14.7 Å². The lowest BCUT2D eigenvalue weighted by Gasteiger charge is -2.20. The molecule has 1 aromatic rings. The normalized spacial score (nSPS) is 13.4. The number of amides is 1. The van der Waals surface area contributed by atoms with Crippen molar-refractivity contribution in [2.24, 2.45) is 5.92 Å². The average Bonchev–Trinajstić information content (AvgIpc) is 2.49. The number of carbonyl (C=O) groups is 2. The second-order valence-electron chi connectivity index (χ2n) is 4.89. The average molecular weight is 310 g/mol. The van der Waals surface area contributed by atoms with Gasteiger partial charge in [-0.3, -0.25) is 9.78 Å². The molecular weight excluding hydrogens is 288 g/mol. The number of carboxylic acids is 1. The summed E-state index contributed by atoms with van der Waals surface area (Å²) in [6, 6.07) is 4.93.